The molecule has 0 radical (unpaired) electrons. The Labute approximate surface area is 145 Å². The summed E-state index contributed by atoms with van der Waals surface area (Å²) >= 11 is 6.15. The van der Waals surface area contributed by atoms with E-state index in [1.165, 1.54) is 0 Å². The molecule has 3 rings (SSSR count). The fourth-order valence-electron chi connectivity index (χ4n) is 2.79. The van der Waals surface area contributed by atoms with E-state index in [1.807, 2.05) is 30.3 Å². The summed E-state index contributed by atoms with van der Waals surface area (Å²) in [5.74, 6) is -0.528. The van der Waals surface area contributed by atoms with Crippen molar-refractivity contribution in [3.8, 4) is 0 Å². The molecule has 0 spiro atoms. The van der Waals surface area contributed by atoms with Gasteiger partial charge in [-0.05, 0) is 24.3 Å². The van der Waals surface area contributed by atoms with E-state index in [0.29, 0.717) is 30.2 Å². The number of amides is 2. The predicted molar refractivity (Wildman–Crippen MR) is 92.9 cm³/mol. The van der Waals surface area contributed by atoms with Crippen LogP contribution < -0.4 is 10.2 Å². The van der Waals surface area contributed by atoms with Crippen LogP contribution in [0.25, 0.3) is 0 Å². The normalized spacial score (nSPS) is 17.1. The van der Waals surface area contributed by atoms with Crippen LogP contribution in [-0.2, 0) is 16.0 Å². The molecule has 1 fully saturated rings. The first kappa shape index (κ1) is 16.5. The van der Waals surface area contributed by atoms with Gasteiger partial charge in [0, 0.05) is 37.8 Å². The monoisotopic (exact) mass is 343 g/mol. The van der Waals surface area contributed by atoms with Crippen molar-refractivity contribution < 1.29 is 9.59 Å². The van der Waals surface area contributed by atoms with E-state index in [-0.39, 0.29) is 24.2 Å². The average molecular weight is 344 g/mol. The first-order chi connectivity index (χ1) is 11.6. The molecule has 0 unspecified atom stereocenters. The lowest BCUT2D eigenvalue weighted by Gasteiger charge is -2.18. The standard InChI is InChI=1S/C18H18ClN3O2/c19-15-6-1-2-7-16(15)22-12-13(11-17(22)23)18(24)21-10-8-14-5-3-4-9-20-14/h1-7,9,13H,8,10-12H2,(H,21,24)/t13-/m0/s1. The van der Waals surface area contributed by atoms with Gasteiger partial charge in [0.05, 0.1) is 16.6 Å². The molecule has 1 saturated heterocycles. The second-order valence-electron chi connectivity index (χ2n) is 5.72. The van der Waals surface area contributed by atoms with Gasteiger partial charge >= 0.3 is 0 Å². The highest BCUT2D eigenvalue weighted by molar-refractivity contribution is 6.33. The second kappa shape index (κ2) is 7.45. The van der Waals surface area contributed by atoms with Crippen LogP contribution in [0.1, 0.15) is 12.1 Å². The zero-order valence-corrected chi connectivity index (χ0v) is 13.9. The van der Waals surface area contributed by atoms with Crippen LogP contribution in [0.15, 0.2) is 48.7 Å². The predicted octanol–water partition coefficient (Wildman–Crippen LogP) is 2.45. The molecule has 1 aromatic heterocycles. The van der Waals surface area contributed by atoms with Gasteiger partial charge in [0.25, 0.3) is 0 Å². The summed E-state index contributed by atoms with van der Waals surface area (Å²) < 4.78 is 0. The van der Waals surface area contributed by atoms with Gasteiger partial charge in [-0.1, -0.05) is 29.8 Å². The van der Waals surface area contributed by atoms with Crippen LogP contribution in [0.4, 0.5) is 5.69 Å². The minimum Gasteiger partial charge on any atom is -0.355 e. The molecule has 2 heterocycles. The number of rotatable bonds is 5. The minimum atomic E-state index is -0.350. The van der Waals surface area contributed by atoms with Gasteiger partial charge in [-0.3, -0.25) is 14.6 Å². The van der Waals surface area contributed by atoms with Crippen molar-refractivity contribution in [1.82, 2.24) is 10.3 Å². The Bertz CT molecular complexity index is 736. The molecule has 6 heteroatoms. The Kier molecular flexibility index (Phi) is 5.11. The third kappa shape index (κ3) is 3.74. The Hall–Kier alpha value is -2.40. The minimum absolute atomic E-state index is 0.0759. The van der Waals surface area contributed by atoms with Crippen molar-refractivity contribution in [2.75, 3.05) is 18.0 Å². The zero-order valence-electron chi connectivity index (χ0n) is 13.1. The molecular formula is C18H18ClN3O2. The van der Waals surface area contributed by atoms with Gasteiger partial charge in [-0.15, -0.1) is 0 Å². The largest absolute Gasteiger partial charge is 0.355 e. The van der Waals surface area contributed by atoms with Crippen molar-refractivity contribution in [2.24, 2.45) is 5.92 Å². The molecule has 1 N–H and O–H groups in total. The van der Waals surface area contributed by atoms with E-state index in [2.05, 4.69) is 10.3 Å². The van der Waals surface area contributed by atoms with Crippen LogP contribution >= 0.6 is 11.6 Å². The first-order valence-electron chi connectivity index (χ1n) is 7.87. The van der Waals surface area contributed by atoms with E-state index >= 15 is 0 Å². The summed E-state index contributed by atoms with van der Waals surface area (Å²) in [4.78, 5) is 30.3. The summed E-state index contributed by atoms with van der Waals surface area (Å²) in [5, 5.41) is 3.41. The smallest absolute Gasteiger partial charge is 0.227 e. The number of hydrogen-bond acceptors (Lipinski definition) is 3. The van der Waals surface area contributed by atoms with Crippen molar-refractivity contribution >= 4 is 29.1 Å². The van der Waals surface area contributed by atoms with Crippen LogP contribution in [0, 0.1) is 5.92 Å². The maximum atomic E-state index is 12.3. The summed E-state index contributed by atoms with van der Waals surface area (Å²) in [6.07, 6.45) is 2.61. The number of benzene rings is 1. The van der Waals surface area contributed by atoms with Crippen molar-refractivity contribution in [1.29, 1.82) is 0 Å². The number of nitrogens with zero attached hydrogens (tertiary/aromatic N) is 2. The zero-order chi connectivity index (χ0) is 16.9. The molecular weight excluding hydrogens is 326 g/mol. The molecule has 2 amide bonds. The molecule has 0 aliphatic carbocycles. The summed E-state index contributed by atoms with van der Waals surface area (Å²) in [6, 6.07) is 12.9. The highest BCUT2D eigenvalue weighted by Gasteiger charge is 2.35. The van der Waals surface area contributed by atoms with Crippen molar-refractivity contribution in [3.05, 3.63) is 59.4 Å². The number of aromatic nitrogens is 1. The van der Waals surface area contributed by atoms with Gasteiger partial charge in [-0.25, -0.2) is 0 Å². The molecule has 0 bridgehead atoms. The molecule has 124 valence electrons. The van der Waals surface area contributed by atoms with Crippen LogP contribution in [0.5, 0.6) is 0 Å². The molecule has 0 saturated carbocycles. The fraction of sp³-hybridized carbons (Fsp3) is 0.278. The number of hydrogen-bond donors (Lipinski definition) is 1. The highest BCUT2D eigenvalue weighted by Crippen LogP contribution is 2.30. The topological polar surface area (TPSA) is 62.3 Å². The number of para-hydroxylation sites is 1. The van der Waals surface area contributed by atoms with Gasteiger partial charge in [-0.2, -0.15) is 0 Å². The van der Waals surface area contributed by atoms with Gasteiger partial charge in [0.15, 0.2) is 0 Å². The van der Waals surface area contributed by atoms with Crippen LogP contribution in [-0.4, -0.2) is 29.9 Å². The molecule has 2 aromatic rings. The first-order valence-corrected chi connectivity index (χ1v) is 8.25. The highest BCUT2D eigenvalue weighted by atomic mass is 35.5. The van der Waals surface area contributed by atoms with Crippen molar-refractivity contribution in [2.45, 2.75) is 12.8 Å². The van der Waals surface area contributed by atoms with Crippen LogP contribution in [0.2, 0.25) is 5.02 Å². The third-order valence-corrected chi connectivity index (χ3v) is 4.37. The van der Waals surface area contributed by atoms with Gasteiger partial charge in [0.2, 0.25) is 11.8 Å². The van der Waals surface area contributed by atoms with Crippen molar-refractivity contribution in [3.63, 3.8) is 0 Å². The number of anilines is 1. The molecule has 5 nitrogen and oxygen atoms in total. The lowest BCUT2D eigenvalue weighted by atomic mass is 10.1. The van der Waals surface area contributed by atoms with E-state index in [0.717, 1.165) is 5.69 Å². The van der Waals surface area contributed by atoms with Gasteiger partial charge < -0.3 is 10.2 Å². The number of carbonyl (C=O) groups excluding carboxylic acids is 2. The Balaban J connectivity index is 1.55. The van der Waals surface area contributed by atoms with E-state index in [9.17, 15) is 9.59 Å². The van der Waals surface area contributed by atoms with Gasteiger partial charge in [0.1, 0.15) is 0 Å². The van der Waals surface area contributed by atoms with Crippen LogP contribution in [0.3, 0.4) is 0 Å². The number of carbonyl (C=O) groups is 2. The molecule has 1 aliphatic rings. The molecule has 1 aliphatic heterocycles. The molecule has 1 atom stereocenters. The summed E-state index contributed by atoms with van der Waals surface area (Å²) in [7, 11) is 0. The second-order valence-corrected chi connectivity index (χ2v) is 6.13. The molecule has 24 heavy (non-hydrogen) atoms. The third-order valence-electron chi connectivity index (χ3n) is 4.05. The average Bonchev–Trinajstić information content (AvgIpc) is 2.98. The SMILES string of the molecule is O=C(NCCc1ccccn1)[C@H]1CC(=O)N(c2ccccc2Cl)C1. The van der Waals surface area contributed by atoms with E-state index in [4.69, 9.17) is 11.6 Å². The molecule has 1 aromatic carbocycles. The fourth-order valence-corrected chi connectivity index (χ4v) is 3.03. The number of halogens is 1. The lowest BCUT2D eigenvalue weighted by molar-refractivity contribution is -0.126. The lowest BCUT2D eigenvalue weighted by Crippen LogP contribution is -2.34. The number of pyridine rings is 1. The van der Waals surface area contributed by atoms with E-state index < -0.39 is 0 Å². The summed E-state index contributed by atoms with van der Waals surface area (Å²) in [6.45, 7) is 0.866. The Morgan fingerprint density at radius 1 is 1.25 bits per heavy atom. The Morgan fingerprint density at radius 3 is 2.79 bits per heavy atom. The quantitative estimate of drug-likeness (QED) is 0.907. The summed E-state index contributed by atoms with van der Waals surface area (Å²) in [5.41, 5.74) is 1.59. The number of nitrogens with one attached hydrogen (secondary N) is 1. The Morgan fingerprint density at radius 2 is 2.04 bits per heavy atom. The maximum Gasteiger partial charge on any atom is 0.227 e. The van der Waals surface area contributed by atoms with E-state index in [1.54, 1.807) is 23.2 Å². The maximum absolute atomic E-state index is 12.3.